The van der Waals surface area contributed by atoms with Crippen LogP contribution in [0.25, 0.3) is 21.9 Å². The topological polar surface area (TPSA) is 66.2 Å². The van der Waals surface area contributed by atoms with Gasteiger partial charge in [0.15, 0.2) is 6.61 Å². The summed E-state index contributed by atoms with van der Waals surface area (Å²) in [5.41, 5.74) is 1.64. The highest BCUT2D eigenvalue weighted by molar-refractivity contribution is 6.05. The summed E-state index contributed by atoms with van der Waals surface area (Å²) >= 11 is 0. The summed E-state index contributed by atoms with van der Waals surface area (Å²) < 4.78 is 11.6. The molecule has 2 aliphatic rings. The fourth-order valence-corrected chi connectivity index (χ4v) is 4.44. The van der Waals surface area contributed by atoms with Crippen LogP contribution >= 0.6 is 0 Å². The van der Waals surface area contributed by atoms with Crippen LogP contribution < -0.4 is 4.74 Å². The van der Waals surface area contributed by atoms with E-state index in [1.165, 1.54) is 0 Å². The molecule has 31 heavy (non-hydrogen) atoms. The van der Waals surface area contributed by atoms with Crippen LogP contribution in [0.4, 0.5) is 0 Å². The van der Waals surface area contributed by atoms with Crippen molar-refractivity contribution >= 4 is 33.8 Å². The molecule has 0 radical (unpaired) electrons. The Balaban J connectivity index is 1.13. The van der Waals surface area contributed by atoms with Crippen LogP contribution in [0.1, 0.15) is 12.8 Å². The lowest BCUT2D eigenvalue weighted by Gasteiger charge is -2.34. The van der Waals surface area contributed by atoms with E-state index in [9.17, 15) is 9.59 Å². The van der Waals surface area contributed by atoms with Crippen LogP contribution in [0.15, 0.2) is 46.9 Å². The van der Waals surface area contributed by atoms with E-state index in [2.05, 4.69) is 4.90 Å². The molecule has 2 aromatic carbocycles. The van der Waals surface area contributed by atoms with E-state index in [1.54, 1.807) is 0 Å². The zero-order valence-corrected chi connectivity index (χ0v) is 17.6. The lowest BCUT2D eigenvalue weighted by Crippen LogP contribution is -2.52. The summed E-state index contributed by atoms with van der Waals surface area (Å²) in [5.74, 6) is 0.840. The lowest BCUT2D eigenvalue weighted by atomic mass is 10.1. The maximum absolute atomic E-state index is 12.6. The molecule has 0 atom stereocenters. The minimum Gasteiger partial charge on any atom is -0.484 e. The monoisotopic (exact) mass is 421 g/mol. The third kappa shape index (κ3) is 4.23. The number of amides is 2. The number of rotatable bonds is 5. The minimum absolute atomic E-state index is 0.00794. The maximum Gasteiger partial charge on any atom is 0.260 e. The van der Waals surface area contributed by atoms with Crippen LogP contribution in [-0.4, -0.2) is 78.9 Å². The Morgan fingerprint density at radius 2 is 1.52 bits per heavy atom. The van der Waals surface area contributed by atoms with Crippen molar-refractivity contribution in [3.05, 3.63) is 42.5 Å². The Kier molecular flexibility index (Phi) is 5.51. The smallest absolute Gasteiger partial charge is 0.260 e. The summed E-state index contributed by atoms with van der Waals surface area (Å²) in [7, 11) is 0. The first kappa shape index (κ1) is 19.9. The van der Waals surface area contributed by atoms with E-state index >= 15 is 0 Å². The highest BCUT2D eigenvalue weighted by atomic mass is 16.5. The molecule has 0 unspecified atom stereocenters. The van der Waals surface area contributed by atoms with E-state index in [-0.39, 0.29) is 18.4 Å². The predicted molar refractivity (Wildman–Crippen MR) is 118 cm³/mol. The number of nitrogens with zero attached hydrogens (tertiary/aromatic N) is 3. The molecule has 3 heterocycles. The number of fused-ring (bicyclic) bond motifs is 3. The van der Waals surface area contributed by atoms with Crippen molar-refractivity contribution in [2.24, 2.45) is 0 Å². The molecule has 7 nitrogen and oxygen atoms in total. The summed E-state index contributed by atoms with van der Waals surface area (Å²) in [5, 5.41) is 2.02. The van der Waals surface area contributed by atoms with Gasteiger partial charge in [-0.05, 0) is 37.1 Å². The Morgan fingerprint density at radius 3 is 2.32 bits per heavy atom. The normalized spacial score (nSPS) is 17.5. The first-order valence-corrected chi connectivity index (χ1v) is 11.0. The predicted octanol–water partition coefficient (Wildman–Crippen LogP) is 2.73. The molecule has 1 aromatic heterocycles. The fourth-order valence-electron chi connectivity index (χ4n) is 4.44. The van der Waals surface area contributed by atoms with Crippen molar-refractivity contribution in [2.45, 2.75) is 12.8 Å². The van der Waals surface area contributed by atoms with Gasteiger partial charge in [-0.15, -0.1) is 0 Å². The molecule has 162 valence electrons. The summed E-state index contributed by atoms with van der Waals surface area (Å²) in [6.45, 7) is 4.92. The Morgan fingerprint density at radius 1 is 0.806 bits per heavy atom. The molecule has 2 amide bonds. The van der Waals surface area contributed by atoms with Crippen LogP contribution in [-0.2, 0) is 9.59 Å². The van der Waals surface area contributed by atoms with Gasteiger partial charge in [0, 0.05) is 50.0 Å². The van der Waals surface area contributed by atoms with Gasteiger partial charge in [-0.2, -0.15) is 0 Å². The fraction of sp³-hybridized carbons (Fsp3) is 0.417. The number of likely N-dealkylation sites (tertiary alicyclic amines) is 1. The van der Waals surface area contributed by atoms with Gasteiger partial charge in [-0.25, -0.2) is 0 Å². The third-order valence-electron chi connectivity index (χ3n) is 6.25. The number of piperazine rings is 1. The molecule has 2 saturated heterocycles. The number of carbonyl (C=O) groups excluding carboxylic acids is 2. The minimum atomic E-state index is -0.0253. The Bertz CT molecular complexity index is 1090. The molecule has 3 aromatic rings. The molecule has 0 spiro atoms. The number of ether oxygens (including phenoxy) is 1. The van der Waals surface area contributed by atoms with E-state index in [0.717, 1.165) is 61.0 Å². The molecule has 2 fully saturated rings. The molecule has 0 aliphatic carbocycles. The van der Waals surface area contributed by atoms with Gasteiger partial charge in [-0.3, -0.25) is 14.5 Å². The number of hydrogen-bond acceptors (Lipinski definition) is 5. The van der Waals surface area contributed by atoms with Crippen molar-refractivity contribution in [1.82, 2.24) is 14.7 Å². The van der Waals surface area contributed by atoms with Gasteiger partial charge in [-0.1, -0.05) is 18.2 Å². The van der Waals surface area contributed by atoms with E-state index in [4.69, 9.17) is 9.15 Å². The van der Waals surface area contributed by atoms with E-state index < -0.39 is 0 Å². The molecule has 0 saturated carbocycles. The number of benzene rings is 2. The first-order chi connectivity index (χ1) is 15.2. The molecular formula is C24H27N3O4. The van der Waals surface area contributed by atoms with Crippen LogP contribution in [0.5, 0.6) is 5.75 Å². The second-order valence-corrected chi connectivity index (χ2v) is 8.29. The molecule has 2 aliphatic heterocycles. The van der Waals surface area contributed by atoms with Gasteiger partial charge < -0.3 is 19.0 Å². The molecule has 0 bridgehead atoms. The average molecular weight is 421 g/mol. The number of hydrogen-bond donors (Lipinski definition) is 0. The van der Waals surface area contributed by atoms with Crippen molar-refractivity contribution in [3.63, 3.8) is 0 Å². The van der Waals surface area contributed by atoms with Gasteiger partial charge in [0.1, 0.15) is 16.9 Å². The van der Waals surface area contributed by atoms with Gasteiger partial charge in [0.25, 0.3) is 5.91 Å². The highest BCUT2D eigenvalue weighted by Gasteiger charge is 2.25. The van der Waals surface area contributed by atoms with Crippen molar-refractivity contribution in [3.8, 4) is 5.75 Å². The lowest BCUT2D eigenvalue weighted by molar-refractivity contribution is -0.136. The SMILES string of the molecule is O=C(COc1ccc2oc3ccccc3c2c1)N1CCN(CC(=O)N2CCCC2)CC1. The standard InChI is InChI=1S/C24H27N3O4/c28-23(26-9-3-4-10-26)16-25-11-13-27(14-12-25)24(29)17-30-18-7-8-22-20(15-18)19-5-1-2-6-21(19)31-22/h1-2,5-8,15H,3-4,9-14,16-17H2. The molecule has 7 heteroatoms. The average Bonchev–Trinajstić information content (AvgIpc) is 3.46. The van der Waals surface area contributed by atoms with Crippen molar-refractivity contribution < 1.29 is 18.7 Å². The summed E-state index contributed by atoms with van der Waals surface area (Å²) in [6, 6.07) is 13.5. The zero-order valence-electron chi connectivity index (χ0n) is 17.6. The largest absolute Gasteiger partial charge is 0.484 e. The van der Waals surface area contributed by atoms with Crippen molar-refractivity contribution in [2.75, 3.05) is 52.4 Å². The highest BCUT2D eigenvalue weighted by Crippen LogP contribution is 2.31. The van der Waals surface area contributed by atoms with Crippen LogP contribution in [0.2, 0.25) is 0 Å². The van der Waals surface area contributed by atoms with E-state index in [1.807, 2.05) is 52.3 Å². The Hall–Kier alpha value is -3.06. The molecule has 5 rings (SSSR count). The quantitative estimate of drug-likeness (QED) is 0.634. The number of carbonyl (C=O) groups is 2. The number of para-hydroxylation sites is 1. The third-order valence-corrected chi connectivity index (χ3v) is 6.25. The van der Waals surface area contributed by atoms with Gasteiger partial charge >= 0.3 is 0 Å². The maximum atomic E-state index is 12.6. The molecule has 0 N–H and O–H groups in total. The van der Waals surface area contributed by atoms with E-state index in [0.29, 0.717) is 25.4 Å². The summed E-state index contributed by atoms with van der Waals surface area (Å²) in [4.78, 5) is 30.9. The first-order valence-electron chi connectivity index (χ1n) is 11.0. The summed E-state index contributed by atoms with van der Waals surface area (Å²) in [6.07, 6.45) is 2.22. The molecular weight excluding hydrogens is 394 g/mol. The second-order valence-electron chi connectivity index (χ2n) is 8.29. The second kappa shape index (κ2) is 8.59. The van der Waals surface area contributed by atoms with Crippen molar-refractivity contribution in [1.29, 1.82) is 0 Å². The van der Waals surface area contributed by atoms with Gasteiger partial charge in [0.2, 0.25) is 5.91 Å². The number of furan rings is 1. The van der Waals surface area contributed by atoms with Crippen LogP contribution in [0, 0.1) is 0 Å². The zero-order chi connectivity index (χ0) is 21.2. The van der Waals surface area contributed by atoms with Gasteiger partial charge in [0.05, 0.1) is 6.54 Å². The Labute approximate surface area is 181 Å². The van der Waals surface area contributed by atoms with Crippen LogP contribution in [0.3, 0.4) is 0 Å².